The molecule has 0 radical (unpaired) electrons. The van der Waals surface area contributed by atoms with Gasteiger partial charge >= 0.3 is 5.69 Å². The third-order valence-corrected chi connectivity index (χ3v) is 5.21. The minimum atomic E-state index is -0.969. The monoisotopic (exact) mass is 392 g/mol. The number of carbonyl (C=O) groups excluding carboxylic acids is 1. The van der Waals surface area contributed by atoms with Crippen LogP contribution >= 0.6 is 0 Å². The average Bonchev–Trinajstić information content (AvgIpc) is 2.87. The highest BCUT2D eigenvalue weighted by atomic mass is 16.6. The Morgan fingerprint density at radius 3 is 2.50 bits per heavy atom. The molecule has 1 fully saturated rings. The minimum absolute atomic E-state index is 0.00533. The molecule has 156 valence electrons. The summed E-state index contributed by atoms with van der Waals surface area (Å²) in [5.74, 6) is 0.142. The van der Waals surface area contributed by atoms with Gasteiger partial charge in [0.25, 0.3) is 0 Å². The molecule has 28 heavy (non-hydrogen) atoms. The molecule has 2 rings (SSSR count). The lowest BCUT2D eigenvalue weighted by atomic mass is 10.0. The fraction of sp³-hybridized carbons (Fsp3) is 0.667. The zero-order chi connectivity index (χ0) is 20.7. The van der Waals surface area contributed by atoms with Crippen molar-refractivity contribution < 1.29 is 19.6 Å². The van der Waals surface area contributed by atoms with E-state index in [1.165, 1.54) is 19.8 Å². The summed E-state index contributed by atoms with van der Waals surface area (Å²) >= 11 is 0. The molecule has 1 aromatic carbocycles. The van der Waals surface area contributed by atoms with E-state index in [0.29, 0.717) is 12.8 Å². The summed E-state index contributed by atoms with van der Waals surface area (Å²) in [5, 5.41) is 24.5. The molecule has 0 spiro atoms. The van der Waals surface area contributed by atoms with Gasteiger partial charge in [0.2, 0.25) is 5.91 Å². The van der Waals surface area contributed by atoms with Crippen LogP contribution in [-0.2, 0) is 4.79 Å². The molecule has 0 aromatic heterocycles. The fourth-order valence-corrected chi connectivity index (χ4v) is 3.71. The van der Waals surface area contributed by atoms with E-state index in [0.717, 1.165) is 31.2 Å². The van der Waals surface area contributed by atoms with E-state index in [-0.39, 0.29) is 35.1 Å². The molecular formula is C21H32N2O5. The summed E-state index contributed by atoms with van der Waals surface area (Å²) in [4.78, 5) is 23.2. The molecule has 0 aliphatic heterocycles. The third kappa shape index (κ3) is 6.48. The van der Waals surface area contributed by atoms with Crippen LogP contribution in [0.3, 0.4) is 0 Å². The van der Waals surface area contributed by atoms with E-state index in [4.69, 9.17) is 4.74 Å². The summed E-state index contributed by atoms with van der Waals surface area (Å²) < 4.78 is 5.81. The Kier molecular flexibility index (Phi) is 8.23. The maximum Gasteiger partial charge on any atom is 0.316 e. The highest BCUT2D eigenvalue weighted by Crippen LogP contribution is 2.36. The van der Waals surface area contributed by atoms with Crippen LogP contribution in [0.15, 0.2) is 12.1 Å². The van der Waals surface area contributed by atoms with E-state index in [1.807, 2.05) is 0 Å². The Morgan fingerprint density at radius 2 is 1.93 bits per heavy atom. The van der Waals surface area contributed by atoms with Crippen LogP contribution in [0.2, 0.25) is 0 Å². The minimum Gasteiger partial charge on any atom is -0.484 e. The number of aryl methyl sites for hydroxylation is 1. The lowest BCUT2D eigenvalue weighted by Gasteiger charge is -2.19. The van der Waals surface area contributed by atoms with Crippen molar-refractivity contribution in [3.63, 3.8) is 0 Å². The van der Waals surface area contributed by atoms with Gasteiger partial charge in [-0.3, -0.25) is 14.9 Å². The quantitative estimate of drug-likeness (QED) is 0.389. The second kappa shape index (κ2) is 10.4. The number of hydrogen-bond acceptors (Lipinski definition) is 5. The van der Waals surface area contributed by atoms with Crippen molar-refractivity contribution in [2.75, 3.05) is 0 Å². The zero-order valence-corrected chi connectivity index (χ0v) is 17.1. The number of amides is 1. The van der Waals surface area contributed by atoms with E-state index in [1.54, 1.807) is 26.0 Å². The van der Waals surface area contributed by atoms with Gasteiger partial charge in [-0.15, -0.1) is 0 Å². The molecule has 1 aliphatic carbocycles. The number of hydrogen-bond donors (Lipinski definition) is 2. The molecule has 1 aromatic rings. The lowest BCUT2D eigenvalue weighted by molar-refractivity contribution is -0.387. The van der Waals surface area contributed by atoms with Crippen LogP contribution in [0, 0.1) is 17.0 Å². The molecule has 2 unspecified atom stereocenters. The molecule has 1 saturated carbocycles. The van der Waals surface area contributed by atoms with Gasteiger partial charge in [-0.2, -0.15) is 0 Å². The van der Waals surface area contributed by atoms with E-state index >= 15 is 0 Å². The van der Waals surface area contributed by atoms with Gasteiger partial charge in [0, 0.05) is 12.5 Å². The first-order chi connectivity index (χ1) is 13.3. The van der Waals surface area contributed by atoms with Gasteiger partial charge in [0.05, 0.1) is 22.7 Å². The van der Waals surface area contributed by atoms with Gasteiger partial charge < -0.3 is 15.2 Å². The predicted octanol–water partition coefficient (Wildman–Crippen LogP) is 4.34. The van der Waals surface area contributed by atoms with Gasteiger partial charge in [0.1, 0.15) is 0 Å². The van der Waals surface area contributed by atoms with Crippen molar-refractivity contribution >= 4 is 11.6 Å². The summed E-state index contributed by atoms with van der Waals surface area (Å²) in [6.07, 6.45) is 6.33. The molecule has 2 atom stereocenters. The summed E-state index contributed by atoms with van der Waals surface area (Å²) in [5.41, 5.74) is 0.795. The molecule has 0 saturated heterocycles. The Morgan fingerprint density at radius 1 is 1.29 bits per heavy atom. The average molecular weight is 392 g/mol. The van der Waals surface area contributed by atoms with Crippen molar-refractivity contribution in [1.29, 1.82) is 0 Å². The maximum atomic E-state index is 12.2. The number of nitrogens with one attached hydrogen (secondary N) is 1. The largest absolute Gasteiger partial charge is 0.484 e. The van der Waals surface area contributed by atoms with Crippen LogP contribution in [0.1, 0.15) is 82.4 Å². The predicted molar refractivity (Wildman–Crippen MR) is 107 cm³/mol. The molecule has 7 nitrogen and oxygen atoms in total. The molecule has 1 aliphatic rings. The summed E-state index contributed by atoms with van der Waals surface area (Å²) in [6, 6.07) is 3.46. The highest BCUT2D eigenvalue weighted by molar-refractivity contribution is 5.76. The SMILES string of the molecule is Cc1cc(OC(C)CCC(=O)NC2CCCCCC2)c([N+](=O)[O-])c(C(C)O)c1. The van der Waals surface area contributed by atoms with Crippen molar-refractivity contribution in [1.82, 2.24) is 5.32 Å². The van der Waals surface area contributed by atoms with Gasteiger partial charge in [-0.1, -0.05) is 25.7 Å². The topological polar surface area (TPSA) is 102 Å². The first-order valence-corrected chi connectivity index (χ1v) is 10.2. The maximum absolute atomic E-state index is 12.2. The number of nitro benzene ring substituents is 1. The van der Waals surface area contributed by atoms with Crippen molar-refractivity contribution in [3.8, 4) is 5.75 Å². The second-order valence-electron chi connectivity index (χ2n) is 7.86. The first kappa shape index (κ1) is 22.1. The van der Waals surface area contributed by atoms with E-state index < -0.39 is 11.0 Å². The number of carbonyl (C=O) groups is 1. The van der Waals surface area contributed by atoms with Gasteiger partial charge in [0.15, 0.2) is 5.75 Å². The molecule has 0 heterocycles. The normalized spacial score (nSPS) is 17.4. The Hall–Kier alpha value is -2.15. The standard InChI is InChI=1S/C21H32N2O5/c1-14-12-18(16(3)24)21(23(26)27)19(13-14)28-15(2)10-11-20(25)22-17-8-6-4-5-7-9-17/h12-13,15-17,24H,4-11H2,1-3H3,(H,22,25). The highest BCUT2D eigenvalue weighted by Gasteiger charge is 2.26. The van der Waals surface area contributed by atoms with Crippen LogP contribution in [0.25, 0.3) is 0 Å². The van der Waals surface area contributed by atoms with Crippen LogP contribution in [-0.4, -0.2) is 28.1 Å². The second-order valence-corrected chi connectivity index (χ2v) is 7.86. The number of aliphatic hydroxyl groups is 1. The number of nitrogens with zero attached hydrogens (tertiary/aromatic N) is 1. The van der Waals surface area contributed by atoms with Crippen molar-refractivity contribution in [3.05, 3.63) is 33.4 Å². The Labute approximate surface area is 166 Å². The van der Waals surface area contributed by atoms with E-state index in [9.17, 15) is 20.0 Å². The Bertz CT molecular complexity index is 682. The lowest BCUT2D eigenvalue weighted by Crippen LogP contribution is -2.34. The zero-order valence-electron chi connectivity index (χ0n) is 17.1. The smallest absolute Gasteiger partial charge is 0.316 e. The number of aliphatic hydroxyl groups excluding tert-OH is 1. The van der Waals surface area contributed by atoms with Crippen LogP contribution in [0.5, 0.6) is 5.75 Å². The number of rotatable bonds is 8. The third-order valence-electron chi connectivity index (χ3n) is 5.21. The molecule has 0 bridgehead atoms. The molecule has 2 N–H and O–H groups in total. The van der Waals surface area contributed by atoms with Gasteiger partial charge in [-0.05, 0) is 57.7 Å². The summed E-state index contributed by atoms with van der Waals surface area (Å²) in [6.45, 7) is 5.09. The first-order valence-electron chi connectivity index (χ1n) is 10.2. The van der Waals surface area contributed by atoms with Crippen LogP contribution < -0.4 is 10.1 Å². The van der Waals surface area contributed by atoms with Crippen molar-refractivity contribution in [2.24, 2.45) is 0 Å². The van der Waals surface area contributed by atoms with Gasteiger partial charge in [-0.25, -0.2) is 0 Å². The fourth-order valence-electron chi connectivity index (χ4n) is 3.71. The Balaban J connectivity index is 1.96. The number of nitro groups is 1. The molecule has 7 heteroatoms. The summed E-state index contributed by atoms with van der Waals surface area (Å²) in [7, 11) is 0. The number of ether oxygens (including phenoxy) is 1. The number of benzene rings is 1. The molecule has 1 amide bonds. The van der Waals surface area contributed by atoms with Crippen LogP contribution in [0.4, 0.5) is 5.69 Å². The van der Waals surface area contributed by atoms with E-state index in [2.05, 4.69) is 5.32 Å². The van der Waals surface area contributed by atoms with Crippen molar-refractivity contribution in [2.45, 2.75) is 90.4 Å². The molecular weight excluding hydrogens is 360 g/mol.